The highest BCUT2D eigenvalue weighted by molar-refractivity contribution is 9.10. The quantitative estimate of drug-likeness (QED) is 0.518. The van der Waals surface area contributed by atoms with Gasteiger partial charge in [-0.2, -0.15) is 0 Å². The molecule has 0 aliphatic heterocycles. The van der Waals surface area contributed by atoms with Crippen LogP contribution in [0.2, 0.25) is 0 Å². The molecule has 0 unspecified atom stereocenters. The number of amides is 2. The second-order valence-corrected chi connectivity index (χ2v) is 9.34. The van der Waals surface area contributed by atoms with Gasteiger partial charge in [0.1, 0.15) is 0 Å². The van der Waals surface area contributed by atoms with E-state index in [0.29, 0.717) is 23.8 Å². The maximum Gasteiger partial charge on any atom is 0.252 e. The first kappa shape index (κ1) is 21.9. The van der Waals surface area contributed by atoms with Gasteiger partial charge in [-0.3, -0.25) is 9.59 Å². The first-order valence-corrected chi connectivity index (χ1v) is 11.9. The lowest BCUT2D eigenvalue weighted by Gasteiger charge is -2.21. The van der Waals surface area contributed by atoms with E-state index >= 15 is 0 Å². The molecule has 0 heterocycles. The minimum absolute atomic E-state index is 0.0323. The summed E-state index contributed by atoms with van der Waals surface area (Å²) in [6.45, 7) is 1.23. The normalized spacial score (nSPS) is 14.4. The third kappa shape index (κ3) is 7.19. The van der Waals surface area contributed by atoms with E-state index in [1.165, 1.54) is 43.9 Å². The highest BCUT2D eigenvalue weighted by Gasteiger charge is 2.16. The Kier molecular flexibility index (Phi) is 8.62. The van der Waals surface area contributed by atoms with Crippen LogP contribution in [0.1, 0.15) is 48.0 Å². The molecule has 3 rings (SSSR count). The SMILES string of the molecule is O=C(CSc1ccccc1C(=O)NCc1cccc(Br)c1)NCC1CCCCC1. The number of hydrogen-bond acceptors (Lipinski definition) is 3. The number of nitrogens with one attached hydrogen (secondary N) is 2. The van der Waals surface area contributed by atoms with Crippen molar-refractivity contribution in [3.63, 3.8) is 0 Å². The van der Waals surface area contributed by atoms with Crippen molar-refractivity contribution >= 4 is 39.5 Å². The van der Waals surface area contributed by atoms with Gasteiger partial charge in [-0.15, -0.1) is 11.8 Å². The van der Waals surface area contributed by atoms with Crippen molar-refractivity contribution in [2.75, 3.05) is 12.3 Å². The molecule has 2 N–H and O–H groups in total. The van der Waals surface area contributed by atoms with Crippen LogP contribution in [0.5, 0.6) is 0 Å². The van der Waals surface area contributed by atoms with E-state index in [2.05, 4.69) is 26.6 Å². The van der Waals surface area contributed by atoms with E-state index in [1.807, 2.05) is 42.5 Å². The molecule has 2 amide bonds. The van der Waals surface area contributed by atoms with E-state index in [0.717, 1.165) is 21.5 Å². The van der Waals surface area contributed by atoms with Crippen LogP contribution in [-0.4, -0.2) is 24.1 Å². The molecule has 154 valence electrons. The van der Waals surface area contributed by atoms with Crippen LogP contribution in [0.15, 0.2) is 57.9 Å². The van der Waals surface area contributed by atoms with Gasteiger partial charge in [0.05, 0.1) is 11.3 Å². The highest BCUT2D eigenvalue weighted by atomic mass is 79.9. The van der Waals surface area contributed by atoms with E-state index in [-0.39, 0.29) is 11.8 Å². The molecule has 2 aromatic rings. The van der Waals surface area contributed by atoms with Crippen LogP contribution < -0.4 is 10.6 Å². The van der Waals surface area contributed by atoms with Gasteiger partial charge in [-0.25, -0.2) is 0 Å². The van der Waals surface area contributed by atoms with E-state index in [4.69, 9.17) is 0 Å². The van der Waals surface area contributed by atoms with Gasteiger partial charge in [-0.1, -0.05) is 59.5 Å². The van der Waals surface area contributed by atoms with Crippen molar-refractivity contribution in [3.05, 3.63) is 64.1 Å². The van der Waals surface area contributed by atoms with Crippen molar-refractivity contribution < 1.29 is 9.59 Å². The zero-order chi connectivity index (χ0) is 20.5. The lowest BCUT2D eigenvalue weighted by molar-refractivity contribution is -0.118. The monoisotopic (exact) mass is 474 g/mol. The minimum Gasteiger partial charge on any atom is -0.355 e. The smallest absolute Gasteiger partial charge is 0.252 e. The van der Waals surface area contributed by atoms with Crippen LogP contribution in [0.25, 0.3) is 0 Å². The number of thioether (sulfide) groups is 1. The maximum absolute atomic E-state index is 12.7. The Morgan fingerprint density at radius 2 is 1.79 bits per heavy atom. The highest BCUT2D eigenvalue weighted by Crippen LogP contribution is 2.24. The number of carbonyl (C=O) groups is 2. The molecule has 0 spiro atoms. The second kappa shape index (κ2) is 11.4. The Balaban J connectivity index is 1.49. The lowest BCUT2D eigenvalue weighted by atomic mass is 9.89. The Bertz CT molecular complexity index is 837. The van der Waals surface area contributed by atoms with Crippen molar-refractivity contribution in [2.24, 2.45) is 5.92 Å². The molecule has 0 saturated heterocycles. The van der Waals surface area contributed by atoms with E-state index < -0.39 is 0 Å². The average Bonchev–Trinajstić information content (AvgIpc) is 2.75. The van der Waals surface area contributed by atoms with Gasteiger partial charge in [0.15, 0.2) is 0 Å². The maximum atomic E-state index is 12.7. The Morgan fingerprint density at radius 1 is 1.00 bits per heavy atom. The van der Waals surface area contributed by atoms with Gasteiger partial charge in [0.2, 0.25) is 5.91 Å². The number of rotatable bonds is 8. The predicted octanol–water partition coefficient (Wildman–Crippen LogP) is 5.17. The molecular formula is C23H27BrN2O2S. The Morgan fingerprint density at radius 3 is 2.59 bits per heavy atom. The molecule has 0 atom stereocenters. The fourth-order valence-electron chi connectivity index (χ4n) is 3.55. The molecule has 1 aliphatic carbocycles. The lowest BCUT2D eigenvalue weighted by Crippen LogP contribution is -2.31. The van der Waals surface area contributed by atoms with Crippen LogP contribution in [0.3, 0.4) is 0 Å². The molecular weight excluding hydrogens is 448 g/mol. The first-order chi connectivity index (χ1) is 14.1. The van der Waals surface area contributed by atoms with Gasteiger partial charge in [-0.05, 0) is 48.6 Å². The average molecular weight is 475 g/mol. The summed E-state index contributed by atoms with van der Waals surface area (Å²) in [5.41, 5.74) is 1.63. The predicted molar refractivity (Wildman–Crippen MR) is 122 cm³/mol. The molecule has 1 fully saturated rings. The topological polar surface area (TPSA) is 58.2 Å². The third-order valence-electron chi connectivity index (χ3n) is 5.15. The summed E-state index contributed by atoms with van der Waals surface area (Å²) >= 11 is 4.86. The van der Waals surface area contributed by atoms with E-state index in [1.54, 1.807) is 6.07 Å². The summed E-state index contributed by atoms with van der Waals surface area (Å²) < 4.78 is 0.986. The Labute approximate surface area is 185 Å². The zero-order valence-electron chi connectivity index (χ0n) is 16.5. The number of halogens is 1. The van der Waals surface area contributed by atoms with E-state index in [9.17, 15) is 9.59 Å². The molecule has 0 aromatic heterocycles. The van der Waals surface area contributed by atoms with Crippen LogP contribution in [-0.2, 0) is 11.3 Å². The van der Waals surface area contributed by atoms with Crippen LogP contribution in [0.4, 0.5) is 0 Å². The van der Waals surface area contributed by atoms with Gasteiger partial charge in [0, 0.05) is 22.5 Å². The van der Waals surface area contributed by atoms with Crippen molar-refractivity contribution in [1.29, 1.82) is 0 Å². The fraction of sp³-hybridized carbons (Fsp3) is 0.391. The molecule has 1 aliphatic rings. The summed E-state index contributed by atoms with van der Waals surface area (Å²) in [6.07, 6.45) is 6.30. The first-order valence-electron chi connectivity index (χ1n) is 10.1. The van der Waals surface area contributed by atoms with Gasteiger partial charge in [0.25, 0.3) is 5.91 Å². The van der Waals surface area contributed by atoms with Crippen LogP contribution >= 0.6 is 27.7 Å². The molecule has 0 bridgehead atoms. The molecule has 29 heavy (non-hydrogen) atoms. The molecule has 1 saturated carbocycles. The molecule has 4 nitrogen and oxygen atoms in total. The second-order valence-electron chi connectivity index (χ2n) is 7.41. The fourth-order valence-corrected chi connectivity index (χ4v) is 4.87. The van der Waals surface area contributed by atoms with Crippen molar-refractivity contribution in [2.45, 2.75) is 43.5 Å². The molecule has 0 radical (unpaired) electrons. The summed E-state index contributed by atoms with van der Waals surface area (Å²) in [7, 11) is 0. The minimum atomic E-state index is -0.129. The zero-order valence-corrected chi connectivity index (χ0v) is 18.9. The largest absolute Gasteiger partial charge is 0.355 e. The summed E-state index contributed by atoms with van der Waals surface area (Å²) in [4.78, 5) is 25.7. The molecule has 6 heteroatoms. The summed E-state index contributed by atoms with van der Waals surface area (Å²) in [6, 6.07) is 15.3. The molecule has 2 aromatic carbocycles. The van der Waals surface area contributed by atoms with Crippen molar-refractivity contribution in [1.82, 2.24) is 10.6 Å². The van der Waals surface area contributed by atoms with Crippen LogP contribution in [0, 0.1) is 5.92 Å². The number of hydrogen-bond donors (Lipinski definition) is 2. The summed E-state index contributed by atoms with van der Waals surface area (Å²) in [5.74, 6) is 0.845. The Hall–Kier alpha value is -1.79. The third-order valence-corrected chi connectivity index (χ3v) is 6.71. The van der Waals surface area contributed by atoms with Crippen molar-refractivity contribution in [3.8, 4) is 0 Å². The number of benzene rings is 2. The van der Waals surface area contributed by atoms with Gasteiger partial charge < -0.3 is 10.6 Å². The summed E-state index contributed by atoms with van der Waals surface area (Å²) in [5, 5.41) is 6.02. The van der Waals surface area contributed by atoms with Gasteiger partial charge >= 0.3 is 0 Å². The number of carbonyl (C=O) groups excluding carboxylic acids is 2. The standard InChI is InChI=1S/C23H27BrN2O2S/c24-19-10-6-9-18(13-19)15-26-23(28)20-11-4-5-12-21(20)29-16-22(27)25-14-17-7-2-1-3-8-17/h4-6,9-13,17H,1-3,7-8,14-16H2,(H,25,27)(H,26,28).